The molecule has 1 amide bonds. The molecule has 9 nitrogen and oxygen atoms in total. The van der Waals surface area contributed by atoms with Crippen molar-refractivity contribution in [1.29, 1.82) is 0 Å². The van der Waals surface area contributed by atoms with Gasteiger partial charge in [0.2, 0.25) is 5.91 Å². The Kier molecular flexibility index (Phi) is 6.98. The summed E-state index contributed by atoms with van der Waals surface area (Å²) >= 11 is 0. The third kappa shape index (κ3) is 5.37. The van der Waals surface area contributed by atoms with Crippen molar-refractivity contribution in [3.8, 4) is 34.3 Å². The standard InChI is InChI=1S/C27H27FN6O3/c1-36-22-9-5-19(6-10-22)26-30-27(20-3-7-21(28)8-4-20)34(31-26)18-25(35)33-15-13-32(14-16-33)24-17-23(37-2)11-12-29-24/h3-12,17H,13-16,18H2,1-2H3. The average molecular weight is 503 g/mol. The maximum absolute atomic E-state index is 13.6. The van der Waals surface area contributed by atoms with Crippen molar-refractivity contribution in [2.75, 3.05) is 45.3 Å². The number of pyridine rings is 1. The fraction of sp³-hybridized carbons (Fsp3) is 0.259. The van der Waals surface area contributed by atoms with Crippen molar-refractivity contribution >= 4 is 11.7 Å². The van der Waals surface area contributed by atoms with Crippen LogP contribution in [0.3, 0.4) is 0 Å². The Balaban J connectivity index is 1.34. The van der Waals surface area contributed by atoms with Crippen molar-refractivity contribution in [3.63, 3.8) is 0 Å². The van der Waals surface area contributed by atoms with Crippen LogP contribution in [0.15, 0.2) is 66.9 Å². The van der Waals surface area contributed by atoms with Crippen molar-refractivity contribution < 1.29 is 18.7 Å². The molecular formula is C27H27FN6O3. The summed E-state index contributed by atoms with van der Waals surface area (Å²) in [7, 11) is 3.23. The lowest BCUT2D eigenvalue weighted by atomic mass is 10.2. The van der Waals surface area contributed by atoms with Gasteiger partial charge in [-0.15, -0.1) is 5.10 Å². The monoisotopic (exact) mass is 502 g/mol. The summed E-state index contributed by atoms with van der Waals surface area (Å²) < 4.78 is 25.7. The fourth-order valence-electron chi connectivity index (χ4n) is 4.24. The van der Waals surface area contributed by atoms with Crippen LogP contribution in [0.25, 0.3) is 22.8 Å². The first-order valence-corrected chi connectivity index (χ1v) is 11.9. The lowest BCUT2D eigenvalue weighted by Crippen LogP contribution is -2.50. The molecule has 2 aromatic carbocycles. The third-order valence-electron chi connectivity index (χ3n) is 6.32. The zero-order valence-electron chi connectivity index (χ0n) is 20.7. The molecule has 0 N–H and O–H groups in total. The smallest absolute Gasteiger partial charge is 0.244 e. The van der Waals surface area contributed by atoms with E-state index in [2.05, 4.69) is 15.0 Å². The number of amides is 1. The Labute approximate surface area is 214 Å². The summed E-state index contributed by atoms with van der Waals surface area (Å²) in [4.78, 5) is 26.4. The van der Waals surface area contributed by atoms with Gasteiger partial charge in [-0.25, -0.2) is 19.0 Å². The molecule has 3 heterocycles. The summed E-state index contributed by atoms with van der Waals surface area (Å²) in [6.45, 7) is 2.46. The molecule has 190 valence electrons. The molecule has 1 saturated heterocycles. The van der Waals surface area contributed by atoms with Crippen LogP contribution in [0.1, 0.15) is 0 Å². The Hall–Kier alpha value is -4.47. The number of hydrogen-bond donors (Lipinski definition) is 0. The summed E-state index contributed by atoms with van der Waals surface area (Å²) in [5.41, 5.74) is 1.46. The second kappa shape index (κ2) is 10.7. The molecule has 1 aliphatic heterocycles. The van der Waals surface area contributed by atoms with Gasteiger partial charge in [-0.2, -0.15) is 0 Å². The highest BCUT2D eigenvalue weighted by molar-refractivity contribution is 5.77. The first-order chi connectivity index (χ1) is 18.0. The van der Waals surface area contributed by atoms with E-state index in [9.17, 15) is 9.18 Å². The van der Waals surface area contributed by atoms with E-state index in [1.165, 1.54) is 12.1 Å². The highest BCUT2D eigenvalue weighted by Gasteiger charge is 2.24. The van der Waals surface area contributed by atoms with E-state index in [4.69, 9.17) is 14.5 Å². The number of carbonyl (C=O) groups excluding carboxylic acids is 1. The molecule has 0 bridgehead atoms. The van der Waals surface area contributed by atoms with Crippen LogP contribution in [-0.2, 0) is 11.3 Å². The molecular weight excluding hydrogens is 475 g/mol. The van der Waals surface area contributed by atoms with Gasteiger partial charge in [-0.05, 0) is 54.6 Å². The molecule has 0 unspecified atom stereocenters. The van der Waals surface area contributed by atoms with Gasteiger partial charge in [0.05, 0.1) is 14.2 Å². The van der Waals surface area contributed by atoms with Gasteiger partial charge in [-0.3, -0.25) is 4.79 Å². The zero-order chi connectivity index (χ0) is 25.8. The second-order valence-electron chi connectivity index (χ2n) is 8.57. The molecule has 0 aliphatic carbocycles. The minimum absolute atomic E-state index is 0.0211. The fourth-order valence-corrected chi connectivity index (χ4v) is 4.24. The van der Waals surface area contributed by atoms with Crippen LogP contribution in [0.5, 0.6) is 11.5 Å². The molecule has 2 aromatic heterocycles. The maximum atomic E-state index is 13.6. The van der Waals surface area contributed by atoms with Gasteiger partial charge in [0.15, 0.2) is 11.6 Å². The van der Waals surface area contributed by atoms with E-state index in [1.807, 2.05) is 35.2 Å². The molecule has 1 fully saturated rings. The number of halogens is 1. The summed E-state index contributed by atoms with van der Waals surface area (Å²) in [5.74, 6) is 2.86. The van der Waals surface area contributed by atoms with Crippen LogP contribution < -0.4 is 14.4 Å². The van der Waals surface area contributed by atoms with Gasteiger partial charge in [-0.1, -0.05) is 0 Å². The van der Waals surface area contributed by atoms with Crippen molar-refractivity contribution in [3.05, 3.63) is 72.7 Å². The van der Waals surface area contributed by atoms with Crippen LogP contribution in [-0.4, -0.2) is 71.0 Å². The number of carbonyl (C=O) groups is 1. The summed E-state index contributed by atoms with van der Waals surface area (Å²) in [6.07, 6.45) is 1.72. The van der Waals surface area contributed by atoms with E-state index >= 15 is 0 Å². The topological polar surface area (TPSA) is 85.6 Å². The molecule has 10 heteroatoms. The predicted octanol–water partition coefficient (Wildman–Crippen LogP) is 3.51. The highest BCUT2D eigenvalue weighted by atomic mass is 19.1. The van der Waals surface area contributed by atoms with Crippen LogP contribution in [0, 0.1) is 5.82 Å². The summed E-state index contributed by atoms with van der Waals surface area (Å²) in [6, 6.07) is 17.1. The predicted molar refractivity (Wildman–Crippen MR) is 137 cm³/mol. The number of rotatable bonds is 7. The SMILES string of the molecule is COc1ccc(-c2nc(-c3ccc(F)cc3)n(CC(=O)N3CCN(c4cc(OC)ccn4)CC3)n2)cc1. The number of nitrogens with zero attached hydrogens (tertiary/aromatic N) is 6. The van der Waals surface area contributed by atoms with Gasteiger partial charge in [0, 0.05) is 49.6 Å². The molecule has 37 heavy (non-hydrogen) atoms. The Morgan fingerprint density at radius 2 is 1.57 bits per heavy atom. The quantitative estimate of drug-likeness (QED) is 0.382. The number of anilines is 1. The molecule has 0 spiro atoms. The van der Waals surface area contributed by atoms with E-state index in [0.717, 1.165) is 22.9 Å². The van der Waals surface area contributed by atoms with Crippen LogP contribution in [0.4, 0.5) is 10.2 Å². The maximum Gasteiger partial charge on any atom is 0.244 e. The molecule has 0 saturated carbocycles. The minimum atomic E-state index is -0.343. The minimum Gasteiger partial charge on any atom is -0.497 e. The van der Waals surface area contributed by atoms with Gasteiger partial charge < -0.3 is 19.3 Å². The Bertz CT molecular complexity index is 1370. The largest absolute Gasteiger partial charge is 0.497 e. The molecule has 4 aromatic rings. The van der Waals surface area contributed by atoms with E-state index in [1.54, 1.807) is 43.3 Å². The lowest BCUT2D eigenvalue weighted by molar-refractivity contribution is -0.132. The number of aromatic nitrogens is 4. The van der Waals surface area contributed by atoms with Crippen LogP contribution in [0.2, 0.25) is 0 Å². The number of piperazine rings is 1. The summed E-state index contributed by atoms with van der Waals surface area (Å²) in [5, 5.41) is 4.64. The second-order valence-corrected chi connectivity index (χ2v) is 8.57. The van der Waals surface area contributed by atoms with Crippen molar-refractivity contribution in [1.82, 2.24) is 24.6 Å². The van der Waals surface area contributed by atoms with Crippen LogP contribution >= 0.6 is 0 Å². The van der Waals surface area contributed by atoms with Gasteiger partial charge in [0.1, 0.15) is 29.7 Å². The van der Waals surface area contributed by atoms with E-state index < -0.39 is 0 Å². The molecule has 1 aliphatic rings. The Morgan fingerprint density at radius 1 is 0.892 bits per heavy atom. The van der Waals surface area contributed by atoms with E-state index in [0.29, 0.717) is 43.4 Å². The first kappa shape index (κ1) is 24.2. The molecule has 0 atom stereocenters. The van der Waals surface area contributed by atoms with Gasteiger partial charge >= 0.3 is 0 Å². The van der Waals surface area contributed by atoms with Gasteiger partial charge in [0.25, 0.3) is 0 Å². The number of hydrogen-bond acceptors (Lipinski definition) is 7. The first-order valence-electron chi connectivity index (χ1n) is 11.9. The van der Waals surface area contributed by atoms with Crippen molar-refractivity contribution in [2.24, 2.45) is 0 Å². The normalized spacial score (nSPS) is 13.5. The third-order valence-corrected chi connectivity index (χ3v) is 6.32. The average Bonchev–Trinajstić information content (AvgIpc) is 3.37. The molecule has 5 rings (SSSR count). The zero-order valence-corrected chi connectivity index (χ0v) is 20.7. The van der Waals surface area contributed by atoms with Crippen molar-refractivity contribution in [2.45, 2.75) is 6.54 Å². The van der Waals surface area contributed by atoms with E-state index in [-0.39, 0.29) is 18.3 Å². The highest BCUT2D eigenvalue weighted by Crippen LogP contribution is 2.25. The number of ether oxygens (including phenoxy) is 2. The number of methoxy groups -OCH3 is 2. The number of benzene rings is 2. The molecule has 0 radical (unpaired) electrons. The Morgan fingerprint density at radius 3 is 2.24 bits per heavy atom. The lowest BCUT2D eigenvalue weighted by Gasteiger charge is -2.35.